The Morgan fingerprint density at radius 3 is 2.48 bits per heavy atom. The van der Waals surface area contributed by atoms with Crippen molar-refractivity contribution in [1.29, 1.82) is 0 Å². The number of hydrogen-bond acceptors (Lipinski definition) is 3. The first-order valence-corrected chi connectivity index (χ1v) is 10.2. The minimum absolute atomic E-state index is 0.510. The largest absolute Gasteiger partial charge is 0.493 e. The number of methoxy groups -OCH3 is 1. The SMILES string of the molecule is COc1c(OCCCCCCBr)ccc2cc(OCC(C)C)ccc12. The molecular formula is C21H29BrO3. The van der Waals surface area contributed by atoms with Gasteiger partial charge in [0.05, 0.1) is 20.3 Å². The van der Waals surface area contributed by atoms with Crippen molar-refractivity contribution < 1.29 is 14.2 Å². The van der Waals surface area contributed by atoms with Gasteiger partial charge in [-0.2, -0.15) is 0 Å². The van der Waals surface area contributed by atoms with Crippen LogP contribution in [0.5, 0.6) is 17.2 Å². The van der Waals surface area contributed by atoms with Crippen LogP contribution in [0.15, 0.2) is 30.3 Å². The molecule has 2 rings (SSSR count). The van der Waals surface area contributed by atoms with Crippen LogP contribution in [0.3, 0.4) is 0 Å². The molecule has 0 unspecified atom stereocenters. The fourth-order valence-electron chi connectivity index (χ4n) is 2.67. The molecule has 0 N–H and O–H groups in total. The molecule has 2 aromatic carbocycles. The van der Waals surface area contributed by atoms with Crippen LogP contribution in [-0.2, 0) is 0 Å². The van der Waals surface area contributed by atoms with Gasteiger partial charge in [-0.25, -0.2) is 0 Å². The third-order valence-electron chi connectivity index (χ3n) is 3.98. The molecule has 0 heterocycles. The van der Waals surface area contributed by atoms with E-state index in [1.165, 1.54) is 19.3 Å². The quantitative estimate of drug-likeness (QED) is 0.326. The van der Waals surface area contributed by atoms with Crippen molar-refractivity contribution >= 4 is 26.7 Å². The average molecular weight is 409 g/mol. The van der Waals surface area contributed by atoms with Crippen LogP contribution in [0, 0.1) is 5.92 Å². The van der Waals surface area contributed by atoms with E-state index >= 15 is 0 Å². The van der Waals surface area contributed by atoms with Gasteiger partial charge in [-0.05, 0) is 48.4 Å². The highest BCUT2D eigenvalue weighted by Gasteiger charge is 2.10. The fraction of sp³-hybridized carbons (Fsp3) is 0.524. The van der Waals surface area contributed by atoms with Gasteiger partial charge in [0.15, 0.2) is 11.5 Å². The molecular weight excluding hydrogens is 380 g/mol. The topological polar surface area (TPSA) is 27.7 Å². The van der Waals surface area contributed by atoms with Crippen LogP contribution < -0.4 is 14.2 Å². The molecule has 0 saturated carbocycles. The van der Waals surface area contributed by atoms with E-state index in [4.69, 9.17) is 14.2 Å². The van der Waals surface area contributed by atoms with Crippen LogP contribution in [0.1, 0.15) is 39.5 Å². The summed E-state index contributed by atoms with van der Waals surface area (Å²) in [5, 5.41) is 3.23. The fourth-order valence-corrected chi connectivity index (χ4v) is 3.06. The van der Waals surface area contributed by atoms with Crippen molar-refractivity contribution in [3.8, 4) is 17.2 Å². The van der Waals surface area contributed by atoms with Crippen LogP contribution >= 0.6 is 15.9 Å². The Balaban J connectivity index is 2.05. The number of alkyl halides is 1. The standard InChI is InChI=1S/C21H29BrO3/c1-16(2)15-25-18-9-10-19-17(14-18)8-11-20(21(19)23-3)24-13-7-5-4-6-12-22/h8-11,14,16H,4-7,12-13,15H2,1-3H3. The number of rotatable bonds is 11. The van der Waals surface area contributed by atoms with E-state index in [1.807, 2.05) is 18.2 Å². The zero-order valence-electron chi connectivity index (χ0n) is 15.5. The predicted molar refractivity (Wildman–Crippen MR) is 109 cm³/mol. The Kier molecular flexibility index (Phi) is 8.39. The molecule has 0 amide bonds. The molecule has 0 aliphatic carbocycles. The number of halogens is 1. The van der Waals surface area contributed by atoms with Gasteiger partial charge < -0.3 is 14.2 Å². The molecule has 4 heteroatoms. The van der Waals surface area contributed by atoms with Gasteiger partial charge in [0.25, 0.3) is 0 Å². The van der Waals surface area contributed by atoms with Crippen LogP contribution in [-0.4, -0.2) is 25.7 Å². The van der Waals surface area contributed by atoms with E-state index in [9.17, 15) is 0 Å². The molecule has 0 aliphatic heterocycles. The van der Waals surface area contributed by atoms with E-state index in [2.05, 4.69) is 41.9 Å². The molecule has 3 nitrogen and oxygen atoms in total. The van der Waals surface area contributed by atoms with E-state index in [0.29, 0.717) is 5.92 Å². The second-order valence-electron chi connectivity index (χ2n) is 6.64. The highest BCUT2D eigenvalue weighted by Crippen LogP contribution is 2.37. The lowest BCUT2D eigenvalue weighted by Gasteiger charge is -2.14. The number of benzene rings is 2. The van der Waals surface area contributed by atoms with Crippen molar-refractivity contribution in [3.63, 3.8) is 0 Å². The Bertz CT molecular complexity index is 655. The summed E-state index contributed by atoms with van der Waals surface area (Å²) in [4.78, 5) is 0. The predicted octanol–water partition coefficient (Wildman–Crippen LogP) is 6.22. The summed E-state index contributed by atoms with van der Waals surface area (Å²) in [5.41, 5.74) is 0. The maximum absolute atomic E-state index is 5.96. The second-order valence-corrected chi connectivity index (χ2v) is 7.43. The average Bonchev–Trinajstić information content (AvgIpc) is 2.62. The molecule has 0 atom stereocenters. The minimum Gasteiger partial charge on any atom is -0.493 e. The van der Waals surface area contributed by atoms with E-state index in [-0.39, 0.29) is 0 Å². The Hall–Kier alpha value is -1.42. The van der Waals surface area contributed by atoms with Gasteiger partial charge in [0.1, 0.15) is 5.75 Å². The summed E-state index contributed by atoms with van der Waals surface area (Å²) in [6.45, 7) is 5.74. The van der Waals surface area contributed by atoms with Gasteiger partial charge >= 0.3 is 0 Å². The lowest BCUT2D eigenvalue weighted by atomic mass is 10.1. The molecule has 0 fully saturated rings. The molecule has 138 valence electrons. The first-order valence-electron chi connectivity index (χ1n) is 9.08. The first-order chi connectivity index (χ1) is 12.2. The van der Waals surface area contributed by atoms with E-state index < -0.39 is 0 Å². The zero-order chi connectivity index (χ0) is 18.1. The number of hydrogen-bond donors (Lipinski definition) is 0. The Morgan fingerprint density at radius 2 is 1.76 bits per heavy atom. The van der Waals surface area contributed by atoms with Crippen molar-refractivity contribution in [2.75, 3.05) is 25.7 Å². The monoisotopic (exact) mass is 408 g/mol. The highest BCUT2D eigenvalue weighted by molar-refractivity contribution is 9.09. The maximum Gasteiger partial charge on any atom is 0.168 e. The van der Waals surface area contributed by atoms with Crippen LogP contribution in [0.2, 0.25) is 0 Å². The summed E-state index contributed by atoms with van der Waals surface area (Å²) in [6, 6.07) is 10.2. The molecule has 2 aromatic rings. The normalized spacial score (nSPS) is 11.1. The zero-order valence-corrected chi connectivity index (χ0v) is 17.1. The molecule has 0 saturated heterocycles. The summed E-state index contributed by atoms with van der Waals surface area (Å²) in [5.74, 6) is 3.01. The summed E-state index contributed by atoms with van der Waals surface area (Å²) in [7, 11) is 1.70. The molecule has 0 bridgehead atoms. The summed E-state index contributed by atoms with van der Waals surface area (Å²) >= 11 is 3.46. The minimum atomic E-state index is 0.510. The van der Waals surface area contributed by atoms with Crippen molar-refractivity contribution in [2.24, 2.45) is 5.92 Å². The van der Waals surface area contributed by atoms with Crippen LogP contribution in [0.25, 0.3) is 10.8 Å². The van der Waals surface area contributed by atoms with Crippen LogP contribution in [0.4, 0.5) is 0 Å². The third-order valence-corrected chi connectivity index (χ3v) is 4.54. The number of unbranched alkanes of at least 4 members (excludes halogenated alkanes) is 3. The Labute approximate surface area is 159 Å². The molecule has 0 aromatic heterocycles. The smallest absolute Gasteiger partial charge is 0.168 e. The van der Waals surface area contributed by atoms with Crippen molar-refractivity contribution in [3.05, 3.63) is 30.3 Å². The number of fused-ring (bicyclic) bond motifs is 1. The lowest BCUT2D eigenvalue weighted by Crippen LogP contribution is -2.04. The first kappa shape index (κ1) is 19.9. The van der Waals surface area contributed by atoms with E-state index in [1.54, 1.807) is 7.11 Å². The molecule has 0 aliphatic rings. The summed E-state index contributed by atoms with van der Waals surface area (Å²) in [6.07, 6.45) is 4.72. The Morgan fingerprint density at radius 1 is 0.960 bits per heavy atom. The van der Waals surface area contributed by atoms with Crippen molar-refractivity contribution in [1.82, 2.24) is 0 Å². The van der Waals surface area contributed by atoms with E-state index in [0.717, 1.165) is 53.0 Å². The maximum atomic E-state index is 5.96. The van der Waals surface area contributed by atoms with Gasteiger partial charge in [0.2, 0.25) is 0 Å². The van der Waals surface area contributed by atoms with Gasteiger partial charge in [0, 0.05) is 10.7 Å². The number of ether oxygens (including phenoxy) is 3. The third kappa shape index (κ3) is 6.10. The summed E-state index contributed by atoms with van der Waals surface area (Å²) < 4.78 is 17.4. The lowest BCUT2D eigenvalue weighted by molar-refractivity contribution is 0.271. The molecule has 25 heavy (non-hydrogen) atoms. The second kappa shape index (κ2) is 10.5. The van der Waals surface area contributed by atoms with Gasteiger partial charge in [-0.3, -0.25) is 0 Å². The molecule has 0 radical (unpaired) electrons. The highest BCUT2D eigenvalue weighted by atomic mass is 79.9. The van der Waals surface area contributed by atoms with Gasteiger partial charge in [-0.15, -0.1) is 0 Å². The molecule has 0 spiro atoms. The van der Waals surface area contributed by atoms with Gasteiger partial charge in [-0.1, -0.05) is 48.7 Å². The van der Waals surface area contributed by atoms with Crippen molar-refractivity contribution in [2.45, 2.75) is 39.5 Å².